The second kappa shape index (κ2) is 12.9. The molecule has 0 aliphatic rings. The first-order chi connectivity index (χ1) is 12.3. The summed E-state index contributed by atoms with van der Waals surface area (Å²) in [4.78, 5) is 16.4. The van der Waals surface area contributed by atoms with Crippen molar-refractivity contribution in [3.05, 3.63) is 35.6 Å². The SMILES string of the molecule is CCNC(=NCC(C)(C)c1cccc(F)c1)NCCC(=O)NC(C)CC.I. The Balaban J connectivity index is 0.00000676. The number of nitrogens with zero attached hydrogens (tertiary/aromatic N) is 1. The number of guanidine groups is 1. The van der Waals surface area contributed by atoms with Crippen molar-refractivity contribution in [1.82, 2.24) is 16.0 Å². The number of hydrogen-bond acceptors (Lipinski definition) is 2. The fraction of sp³-hybridized carbons (Fsp3) is 0.600. The number of benzene rings is 1. The van der Waals surface area contributed by atoms with Crippen molar-refractivity contribution in [3.63, 3.8) is 0 Å². The van der Waals surface area contributed by atoms with Crippen LogP contribution < -0.4 is 16.0 Å². The van der Waals surface area contributed by atoms with Gasteiger partial charge in [-0.3, -0.25) is 9.79 Å². The van der Waals surface area contributed by atoms with Gasteiger partial charge in [-0.15, -0.1) is 24.0 Å². The van der Waals surface area contributed by atoms with E-state index in [0.29, 0.717) is 25.5 Å². The lowest BCUT2D eigenvalue weighted by Gasteiger charge is -2.24. The van der Waals surface area contributed by atoms with Gasteiger partial charge in [0.25, 0.3) is 0 Å². The first-order valence-corrected chi connectivity index (χ1v) is 9.36. The highest BCUT2D eigenvalue weighted by Crippen LogP contribution is 2.24. The zero-order valence-electron chi connectivity index (χ0n) is 17.1. The highest BCUT2D eigenvalue weighted by atomic mass is 127. The third-order valence-corrected chi connectivity index (χ3v) is 4.25. The molecule has 0 fully saturated rings. The molecule has 5 nitrogen and oxygen atoms in total. The Labute approximate surface area is 180 Å². The minimum absolute atomic E-state index is 0. The molecular formula is C20H34FIN4O. The van der Waals surface area contributed by atoms with Crippen LogP contribution in [0.5, 0.6) is 0 Å². The van der Waals surface area contributed by atoms with Gasteiger partial charge in [-0.1, -0.05) is 32.9 Å². The minimum Gasteiger partial charge on any atom is -0.357 e. The van der Waals surface area contributed by atoms with Crippen LogP contribution in [0.4, 0.5) is 4.39 Å². The zero-order valence-corrected chi connectivity index (χ0v) is 19.4. The summed E-state index contributed by atoms with van der Waals surface area (Å²) in [5.74, 6) is 0.452. The van der Waals surface area contributed by atoms with Crippen LogP contribution in [-0.4, -0.2) is 37.5 Å². The molecular weight excluding hydrogens is 458 g/mol. The molecule has 0 heterocycles. The Bertz CT molecular complexity index is 607. The minimum atomic E-state index is -0.293. The molecule has 0 aliphatic heterocycles. The van der Waals surface area contributed by atoms with Crippen LogP contribution in [0, 0.1) is 5.82 Å². The normalized spacial score (nSPS) is 12.7. The van der Waals surface area contributed by atoms with Crippen molar-refractivity contribution in [3.8, 4) is 0 Å². The standard InChI is InChI=1S/C20H33FN4O.HI/c1-6-15(3)25-18(26)11-12-23-19(22-7-2)24-14-20(4,5)16-9-8-10-17(21)13-16;/h8-10,13,15H,6-7,11-12,14H2,1-5H3,(H,25,26)(H2,22,23,24);1H. The van der Waals surface area contributed by atoms with Crippen molar-refractivity contribution in [2.75, 3.05) is 19.6 Å². The molecule has 27 heavy (non-hydrogen) atoms. The molecule has 1 atom stereocenters. The largest absolute Gasteiger partial charge is 0.357 e. The number of nitrogens with one attached hydrogen (secondary N) is 3. The third-order valence-electron chi connectivity index (χ3n) is 4.25. The maximum absolute atomic E-state index is 13.5. The van der Waals surface area contributed by atoms with E-state index in [1.807, 2.05) is 40.7 Å². The van der Waals surface area contributed by atoms with Crippen molar-refractivity contribution in [2.45, 2.75) is 58.9 Å². The van der Waals surface area contributed by atoms with Crippen molar-refractivity contribution in [2.24, 2.45) is 4.99 Å². The third kappa shape index (κ3) is 9.93. The molecule has 7 heteroatoms. The Hall–Kier alpha value is -1.38. The zero-order chi connectivity index (χ0) is 19.6. The van der Waals surface area contributed by atoms with Crippen molar-refractivity contribution in [1.29, 1.82) is 0 Å². The van der Waals surface area contributed by atoms with Gasteiger partial charge in [-0.05, 0) is 38.0 Å². The predicted molar refractivity (Wildman–Crippen MR) is 121 cm³/mol. The van der Waals surface area contributed by atoms with E-state index in [-0.39, 0.29) is 47.2 Å². The number of hydrogen-bond donors (Lipinski definition) is 3. The fourth-order valence-electron chi connectivity index (χ4n) is 2.36. The molecule has 1 amide bonds. The number of halogens is 2. The van der Waals surface area contributed by atoms with Crippen molar-refractivity contribution >= 4 is 35.8 Å². The molecule has 1 aromatic rings. The number of rotatable bonds is 9. The van der Waals surface area contributed by atoms with E-state index in [2.05, 4.69) is 20.9 Å². The summed E-state index contributed by atoms with van der Waals surface area (Å²) in [6.45, 7) is 11.8. The summed E-state index contributed by atoms with van der Waals surface area (Å²) >= 11 is 0. The van der Waals surface area contributed by atoms with E-state index in [9.17, 15) is 9.18 Å². The van der Waals surface area contributed by atoms with E-state index in [0.717, 1.165) is 18.5 Å². The smallest absolute Gasteiger partial charge is 0.221 e. The summed E-state index contributed by atoms with van der Waals surface area (Å²) in [7, 11) is 0. The van der Waals surface area contributed by atoms with Gasteiger partial charge >= 0.3 is 0 Å². The van der Waals surface area contributed by atoms with Crippen LogP contribution in [0.25, 0.3) is 0 Å². The molecule has 1 rings (SSSR count). The molecule has 0 spiro atoms. The predicted octanol–water partition coefficient (Wildman–Crippen LogP) is 3.58. The molecule has 0 radical (unpaired) electrons. The monoisotopic (exact) mass is 492 g/mol. The summed E-state index contributed by atoms with van der Waals surface area (Å²) < 4.78 is 13.5. The van der Waals surface area contributed by atoms with Crippen molar-refractivity contribution < 1.29 is 9.18 Å². The van der Waals surface area contributed by atoms with Gasteiger partial charge in [0.05, 0.1) is 6.54 Å². The average molecular weight is 492 g/mol. The molecule has 3 N–H and O–H groups in total. The number of carbonyl (C=O) groups is 1. The van der Waals surface area contributed by atoms with Crippen LogP contribution in [0.3, 0.4) is 0 Å². The van der Waals surface area contributed by atoms with Gasteiger partial charge in [0.2, 0.25) is 5.91 Å². The van der Waals surface area contributed by atoms with Gasteiger partial charge in [-0.25, -0.2) is 4.39 Å². The molecule has 0 saturated carbocycles. The second-order valence-electron chi connectivity index (χ2n) is 7.14. The summed E-state index contributed by atoms with van der Waals surface area (Å²) in [5, 5.41) is 9.30. The molecule has 154 valence electrons. The molecule has 0 aromatic heterocycles. The number of amides is 1. The average Bonchev–Trinajstić information content (AvgIpc) is 2.59. The van der Waals surface area contributed by atoms with Crippen LogP contribution in [0.2, 0.25) is 0 Å². The van der Waals surface area contributed by atoms with Gasteiger partial charge in [0.1, 0.15) is 5.82 Å². The quantitative estimate of drug-likeness (QED) is 0.281. The molecule has 1 unspecified atom stereocenters. The van der Waals surface area contributed by atoms with Gasteiger partial charge in [0, 0.05) is 31.0 Å². The van der Waals surface area contributed by atoms with E-state index in [1.54, 1.807) is 12.1 Å². The Morgan fingerprint density at radius 2 is 1.96 bits per heavy atom. The lowest BCUT2D eigenvalue weighted by Crippen LogP contribution is -2.41. The van der Waals surface area contributed by atoms with Crippen LogP contribution >= 0.6 is 24.0 Å². The van der Waals surface area contributed by atoms with Gasteiger partial charge in [0.15, 0.2) is 5.96 Å². The Morgan fingerprint density at radius 1 is 1.26 bits per heavy atom. The highest BCUT2D eigenvalue weighted by molar-refractivity contribution is 14.0. The summed E-state index contributed by atoms with van der Waals surface area (Å²) in [5.41, 5.74) is 0.614. The second-order valence-corrected chi connectivity index (χ2v) is 7.14. The molecule has 0 saturated heterocycles. The van der Waals surface area contributed by atoms with Gasteiger partial charge < -0.3 is 16.0 Å². The van der Waals surface area contributed by atoms with Crippen LogP contribution in [0.15, 0.2) is 29.3 Å². The Kier molecular flexibility index (Phi) is 12.2. The first kappa shape index (κ1) is 25.6. The van der Waals surface area contributed by atoms with E-state index >= 15 is 0 Å². The van der Waals surface area contributed by atoms with E-state index in [1.165, 1.54) is 6.07 Å². The van der Waals surface area contributed by atoms with E-state index in [4.69, 9.17) is 0 Å². The number of carbonyl (C=O) groups excluding carboxylic acids is 1. The topological polar surface area (TPSA) is 65.5 Å². The van der Waals surface area contributed by atoms with Crippen LogP contribution in [0.1, 0.15) is 53.0 Å². The Morgan fingerprint density at radius 3 is 2.56 bits per heavy atom. The lowest BCUT2D eigenvalue weighted by molar-refractivity contribution is -0.121. The van der Waals surface area contributed by atoms with E-state index < -0.39 is 0 Å². The lowest BCUT2D eigenvalue weighted by atomic mass is 9.85. The molecule has 1 aromatic carbocycles. The maximum Gasteiger partial charge on any atom is 0.221 e. The summed E-state index contributed by atoms with van der Waals surface area (Å²) in [6.07, 6.45) is 1.31. The number of aliphatic imine (C=N–C) groups is 1. The first-order valence-electron chi connectivity index (χ1n) is 9.36. The fourth-order valence-corrected chi connectivity index (χ4v) is 2.36. The summed E-state index contributed by atoms with van der Waals surface area (Å²) in [6, 6.07) is 6.82. The van der Waals surface area contributed by atoms with Gasteiger partial charge in [-0.2, -0.15) is 0 Å². The maximum atomic E-state index is 13.5. The molecule has 0 bridgehead atoms. The highest BCUT2D eigenvalue weighted by Gasteiger charge is 2.21. The van der Waals surface area contributed by atoms with Crippen LogP contribution in [-0.2, 0) is 10.2 Å². The molecule has 0 aliphatic carbocycles.